The average molecular weight is 428 g/mol. The monoisotopic (exact) mass is 427 g/mol. The highest BCUT2D eigenvalue weighted by Crippen LogP contribution is 2.42. The third kappa shape index (κ3) is 3.68. The van der Waals surface area contributed by atoms with Gasteiger partial charge in [0.25, 0.3) is 0 Å². The summed E-state index contributed by atoms with van der Waals surface area (Å²) in [4.78, 5) is 0.198. The quantitative estimate of drug-likeness (QED) is 0.652. The lowest BCUT2D eigenvalue weighted by molar-refractivity contribution is 0.397. The SMILES string of the molecule is COc1ccc([C@@H]2CN(S(=O)(=O)c3cc(C)ccc3OC)C[C@H]2c2ccn[nH]2)cc1. The van der Waals surface area contributed by atoms with Gasteiger partial charge in [-0.2, -0.15) is 9.40 Å². The normalized spacial score (nSPS) is 19.7. The molecule has 2 aromatic carbocycles. The van der Waals surface area contributed by atoms with Crippen LogP contribution in [0.15, 0.2) is 59.6 Å². The van der Waals surface area contributed by atoms with Crippen LogP contribution in [0.3, 0.4) is 0 Å². The minimum atomic E-state index is -3.73. The summed E-state index contributed by atoms with van der Waals surface area (Å²) in [6, 6.07) is 14.9. The number of benzene rings is 2. The molecule has 0 amide bonds. The summed E-state index contributed by atoms with van der Waals surface area (Å²) in [7, 11) is -0.618. The van der Waals surface area contributed by atoms with E-state index in [-0.39, 0.29) is 16.7 Å². The van der Waals surface area contributed by atoms with Crippen LogP contribution in [0.1, 0.15) is 28.7 Å². The van der Waals surface area contributed by atoms with E-state index < -0.39 is 10.0 Å². The van der Waals surface area contributed by atoms with E-state index >= 15 is 0 Å². The number of rotatable bonds is 6. The number of nitrogens with zero attached hydrogens (tertiary/aromatic N) is 2. The summed E-state index contributed by atoms with van der Waals surface area (Å²) in [5.41, 5.74) is 2.85. The Morgan fingerprint density at radius 1 is 1.00 bits per heavy atom. The highest BCUT2D eigenvalue weighted by molar-refractivity contribution is 7.89. The van der Waals surface area contributed by atoms with Crippen LogP contribution in [0, 0.1) is 6.92 Å². The van der Waals surface area contributed by atoms with Gasteiger partial charge in [-0.15, -0.1) is 0 Å². The maximum Gasteiger partial charge on any atom is 0.246 e. The lowest BCUT2D eigenvalue weighted by Gasteiger charge is -2.19. The van der Waals surface area contributed by atoms with Gasteiger partial charge in [-0.05, 0) is 48.4 Å². The number of sulfonamides is 1. The smallest absolute Gasteiger partial charge is 0.246 e. The zero-order chi connectivity index (χ0) is 21.3. The van der Waals surface area contributed by atoms with Gasteiger partial charge < -0.3 is 9.47 Å². The van der Waals surface area contributed by atoms with Gasteiger partial charge in [0.05, 0.1) is 14.2 Å². The van der Waals surface area contributed by atoms with E-state index in [0.717, 1.165) is 22.6 Å². The number of aromatic amines is 1. The molecular formula is C22H25N3O4S. The van der Waals surface area contributed by atoms with Crippen molar-refractivity contribution >= 4 is 10.0 Å². The van der Waals surface area contributed by atoms with Crippen LogP contribution in [-0.4, -0.2) is 50.2 Å². The highest BCUT2D eigenvalue weighted by Gasteiger charge is 2.42. The number of H-pyrrole nitrogens is 1. The number of hydrogen-bond acceptors (Lipinski definition) is 5. The molecule has 1 aliphatic rings. The van der Waals surface area contributed by atoms with Gasteiger partial charge in [-0.3, -0.25) is 5.10 Å². The van der Waals surface area contributed by atoms with E-state index in [9.17, 15) is 8.42 Å². The van der Waals surface area contributed by atoms with Gasteiger partial charge in [0.15, 0.2) is 0 Å². The third-order valence-electron chi connectivity index (χ3n) is 5.69. The fraction of sp³-hybridized carbons (Fsp3) is 0.318. The summed E-state index contributed by atoms with van der Waals surface area (Å²) in [5, 5.41) is 7.10. The van der Waals surface area contributed by atoms with Crippen molar-refractivity contribution in [2.45, 2.75) is 23.7 Å². The van der Waals surface area contributed by atoms with Crippen molar-refractivity contribution in [3.05, 3.63) is 71.5 Å². The Bertz CT molecular complexity index is 1110. The minimum absolute atomic E-state index is 0.0121. The number of aromatic nitrogens is 2. The van der Waals surface area contributed by atoms with Crippen molar-refractivity contribution < 1.29 is 17.9 Å². The molecule has 1 fully saturated rings. The average Bonchev–Trinajstić information content (AvgIpc) is 3.44. The van der Waals surface area contributed by atoms with Gasteiger partial charge in [0.1, 0.15) is 16.4 Å². The molecule has 8 heteroatoms. The predicted molar refractivity (Wildman–Crippen MR) is 114 cm³/mol. The van der Waals surface area contributed by atoms with E-state index in [0.29, 0.717) is 18.8 Å². The molecule has 0 spiro atoms. The number of hydrogen-bond donors (Lipinski definition) is 1. The summed E-state index contributed by atoms with van der Waals surface area (Å²) in [6.07, 6.45) is 1.70. The Kier molecular flexibility index (Phi) is 5.53. The number of nitrogens with one attached hydrogen (secondary N) is 1. The van der Waals surface area contributed by atoms with Crippen LogP contribution in [0.2, 0.25) is 0 Å². The Morgan fingerprint density at radius 3 is 2.37 bits per heavy atom. The standard InChI is InChI=1S/C22H25N3O4S/c1-15-4-9-21(29-3)22(12-15)30(26,27)25-13-18(16-5-7-17(28-2)8-6-16)19(14-25)20-10-11-23-24-20/h4-12,18-19H,13-14H2,1-3H3,(H,23,24)/t18-,19+/m0/s1. The first-order valence-corrected chi connectivity index (χ1v) is 11.2. The lowest BCUT2D eigenvalue weighted by atomic mass is 9.87. The van der Waals surface area contributed by atoms with Crippen LogP contribution in [0.25, 0.3) is 0 Å². The second-order valence-electron chi connectivity index (χ2n) is 7.47. The third-order valence-corrected chi connectivity index (χ3v) is 7.54. The molecule has 2 atom stereocenters. The van der Waals surface area contributed by atoms with E-state index in [1.807, 2.05) is 43.3 Å². The fourth-order valence-electron chi connectivity index (χ4n) is 4.07. The fourth-order valence-corrected chi connectivity index (χ4v) is 5.80. The number of aryl methyl sites for hydroxylation is 1. The van der Waals surface area contributed by atoms with Crippen LogP contribution in [-0.2, 0) is 10.0 Å². The molecule has 4 rings (SSSR count). The first kappa shape index (κ1) is 20.4. The molecule has 7 nitrogen and oxygen atoms in total. The maximum absolute atomic E-state index is 13.6. The Hall–Kier alpha value is -2.84. The molecule has 0 aliphatic carbocycles. The van der Waals surface area contributed by atoms with E-state index in [1.54, 1.807) is 29.7 Å². The summed E-state index contributed by atoms with van der Waals surface area (Å²) in [5.74, 6) is 1.07. The largest absolute Gasteiger partial charge is 0.497 e. The van der Waals surface area contributed by atoms with E-state index in [2.05, 4.69) is 10.2 Å². The van der Waals surface area contributed by atoms with E-state index in [4.69, 9.17) is 9.47 Å². The second-order valence-corrected chi connectivity index (χ2v) is 9.38. The second kappa shape index (κ2) is 8.12. The molecule has 30 heavy (non-hydrogen) atoms. The topological polar surface area (TPSA) is 84.5 Å². The molecule has 3 aromatic rings. The molecule has 0 saturated carbocycles. The van der Waals surface area contributed by atoms with Crippen molar-refractivity contribution in [2.24, 2.45) is 0 Å². The van der Waals surface area contributed by atoms with Gasteiger partial charge >= 0.3 is 0 Å². The van der Waals surface area contributed by atoms with Crippen LogP contribution >= 0.6 is 0 Å². The maximum atomic E-state index is 13.6. The molecule has 0 bridgehead atoms. The van der Waals surface area contributed by atoms with E-state index in [1.165, 1.54) is 7.11 Å². The summed E-state index contributed by atoms with van der Waals surface area (Å²) < 4.78 is 39.3. The van der Waals surface area contributed by atoms with Crippen LogP contribution in [0.5, 0.6) is 11.5 Å². The van der Waals surface area contributed by atoms with Gasteiger partial charge in [-0.1, -0.05) is 18.2 Å². The van der Waals surface area contributed by atoms with Crippen molar-refractivity contribution in [3.63, 3.8) is 0 Å². The Balaban J connectivity index is 1.72. The molecule has 0 unspecified atom stereocenters. The molecule has 1 aliphatic heterocycles. The van der Waals surface area contributed by atoms with Crippen molar-refractivity contribution in [1.82, 2.24) is 14.5 Å². The molecule has 1 aromatic heterocycles. The highest BCUT2D eigenvalue weighted by atomic mass is 32.2. The zero-order valence-electron chi connectivity index (χ0n) is 17.2. The molecule has 2 heterocycles. The van der Waals surface area contributed by atoms with Gasteiger partial charge in [0, 0.05) is 36.8 Å². The Morgan fingerprint density at radius 2 is 1.73 bits per heavy atom. The van der Waals surface area contributed by atoms with Crippen molar-refractivity contribution in [2.75, 3.05) is 27.3 Å². The minimum Gasteiger partial charge on any atom is -0.497 e. The first-order valence-electron chi connectivity index (χ1n) is 9.72. The lowest BCUT2D eigenvalue weighted by Crippen LogP contribution is -2.29. The first-order chi connectivity index (χ1) is 14.4. The van der Waals surface area contributed by atoms with Crippen LogP contribution < -0.4 is 9.47 Å². The van der Waals surface area contributed by atoms with Gasteiger partial charge in [-0.25, -0.2) is 8.42 Å². The number of methoxy groups -OCH3 is 2. The predicted octanol–water partition coefficient (Wildman–Crippen LogP) is 3.31. The van der Waals surface area contributed by atoms with Crippen molar-refractivity contribution in [3.8, 4) is 11.5 Å². The van der Waals surface area contributed by atoms with Gasteiger partial charge in [0.2, 0.25) is 10.0 Å². The molecule has 0 radical (unpaired) electrons. The molecular weight excluding hydrogens is 402 g/mol. The van der Waals surface area contributed by atoms with Crippen molar-refractivity contribution in [1.29, 1.82) is 0 Å². The van der Waals surface area contributed by atoms with Crippen LogP contribution in [0.4, 0.5) is 0 Å². The summed E-state index contributed by atoms with van der Waals surface area (Å²) >= 11 is 0. The Labute approximate surface area is 176 Å². The number of ether oxygens (including phenoxy) is 2. The molecule has 1 N–H and O–H groups in total. The molecule has 1 saturated heterocycles. The molecule has 158 valence electrons. The zero-order valence-corrected chi connectivity index (χ0v) is 18.0. The summed E-state index contributed by atoms with van der Waals surface area (Å²) in [6.45, 7) is 2.60.